The fraction of sp³-hybridized carbons (Fsp3) is 0.444. The predicted octanol–water partition coefficient (Wildman–Crippen LogP) is 3.00. The Balaban J connectivity index is 1.85. The van der Waals surface area contributed by atoms with Crippen LogP contribution in [-0.2, 0) is 4.74 Å². The summed E-state index contributed by atoms with van der Waals surface area (Å²) in [6.07, 6.45) is 1.77. The second kappa shape index (κ2) is 6.40. The molecule has 1 N–H and O–H groups in total. The molecule has 1 aliphatic rings. The van der Waals surface area contributed by atoms with Crippen molar-refractivity contribution < 1.29 is 9.84 Å². The summed E-state index contributed by atoms with van der Waals surface area (Å²) in [4.78, 5) is 8.23. The van der Waals surface area contributed by atoms with Crippen LogP contribution < -0.4 is 0 Å². The first kappa shape index (κ1) is 16.5. The van der Waals surface area contributed by atoms with Gasteiger partial charge in [0.05, 0.1) is 23.1 Å². The minimum atomic E-state index is -0.0384. The summed E-state index contributed by atoms with van der Waals surface area (Å²) in [5.41, 5.74) is 2.40. The predicted molar refractivity (Wildman–Crippen MR) is 97.1 cm³/mol. The van der Waals surface area contributed by atoms with E-state index in [4.69, 9.17) is 4.74 Å². The van der Waals surface area contributed by atoms with Crippen LogP contribution in [0.15, 0.2) is 30.6 Å². The molecule has 0 saturated carbocycles. The summed E-state index contributed by atoms with van der Waals surface area (Å²) >= 11 is 1.50. The van der Waals surface area contributed by atoms with Gasteiger partial charge in [-0.15, -0.1) is 0 Å². The Bertz CT molecular complexity index is 880. The van der Waals surface area contributed by atoms with Gasteiger partial charge in [-0.05, 0) is 31.9 Å². The van der Waals surface area contributed by atoms with Gasteiger partial charge in [0.2, 0.25) is 10.8 Å². The van der Waals surface area contributed by atoms with Crippen LogP contribution in [0.3, 0.4) is 0 Å². The van der Waals surface area contributed by atoms with Crippen LogP contribution in [0.4, 0.5) is 0 Å². The lowest BCUT2D eigenvalue weighted by atomic mass is 9.97. The maximum atomic E-state index is 10.8. The number of aromatic hydroxyl groups is 1. The number of morpholine rings is 1. The molecule has 2 aromatic heterocycles. The summed E-state index contributed by atoms with van der Waals surface area (Å²) < 4.78 is 7.42. The summed E-state index contributed by atoms with van der Waals surface area (Å²) in [5, 5.41) is 14.9. The van der Waals surface area contributed by atoms with Crippen LogP contribution >= 0.6 is 11.3 Å². The Morgan fingerprint density at radius 3 is 2.64 bits per heavy atom. The highest BCUT2D eigenvalue weighted by Gasteiger charge is 2.34. The zero-order valence-corrected chi connectivity index (χ0v) is 15.4. The molecule has 0 bridgehead atoms. The number of nitrogens with zero attached hydrogens (tertiary/aromatic N) is 4. The molecule has 3 unspecified atom stereocenters. The smallest absolute Gasteiger partial charge is 0.230 e. The van der Waals surface area contributed by atoms with Gasteiger partial charge in [0.1, 0.15) is 6.33 Å². The second-order valence-corrected chi connectivity index (χ2v) is 7.72. The monoisotopic (exact) mass is 358 g/mol. The molecule has 1 aliphatic heterocycles. The molecule has 4 rings (SSSR count). The van der Waals surface area contributed by atoms with Crippen LogP contribution in [0.25, 0.3) is 4.96 Å². The van der Waals surface area contributed by atoms with E-state index in [-0.39, 0.29) is 24.1 Å². The number of hydrogen-bond donors (Lipinski definition) is 1. The molecule has 0 radical (unpaired) electrons. The quantitative estimate of drug-likeness (QED) is 0.780. The summed E-state index contributed by atoms with van der Waals surface area (Å²) in [5.74, 6) is 0.178. The minimum absolute atomic E-state index is 0.0384. The normalized spacial score (nSPS) is 23.2. The molecule has 6 nitrogen and oxygen atoms in total. The second-order valence-electron chi connectivity index (χ2n) is 6.71. The average molecular weight is 358 g/mol. The number of hydrogen-bond acceptors (Lipinski definition) is 6. The van der Waals surface area contributed by atoms with E-state index in [1.807, 2.05) is 6.07 Å². The van der Waals surface area contributed by atoms with Crippen molar-refractivity contribution in [2.45, 2.75) is 39.0 Å². The molecule has 132 valence electrons. The van der Waals surface area contributed by atoms with Crippen molar-refractivity contribution in [2.75, 3.05) is 13.1 Å². The lowest BCUT2D eigenvalue weighted by Gasteiger charge is -2.40. The summed E-state index contributed by atoms with van der Waals surface area (Å²) in [6, 6.07) is 8.31. The number of rotatable bonds is 3. The Morgan fingerprint density at radius 1 is 1.24 bits per heavy atom. The van der Waals surface area contributed by atoms with E-state index in [2.05, 4.69) is 54.0 Å². The molecule has 0 aliphatic carbocycles. The highest BCUT2D eigenvalue weighted by molar-refractivity contribution is 7.17. The molecular formula is C18H22N4O2S. The van der Waals surface area contributed by atoms with Crippen LogP contribution in [0.2, 0.25) is 0 Å². The van der Waals surface area contributed by atoms with Crippen molar-refractivity contribution in [1.82, 2.24) is 19.5 Å². The maximum absolute atomic E-state index is 10.8. The van der Waals surface area contributed by atoms with Gasteiger partial charge in [-0.2, -0.15) is 9.61 Å². The number of thiazole rings is 1. The van der Waals surface area contributed by atoms with Crippen molar-refractivity contribution in [3.63, 3.8) is 0 Å². The van der Waals surface area contributed by atoms with Gasteiger partial charge in [0.15, 0.2) is 0 Å². The average Bonchev–Trinajstić information content (AvgIpc) is 3.13. The largest absolute Gasteiger partial charge is 0.492 e. The molecule has 3 aromatic rings. The van der Waals surface area contributed by atoms with Crippen molar-refractivity contribution in [2.24, 2.45) is 0 Å². The summed E-state index contributed by atoms with van der Waals surface area (Å²) in [7, 11) is 0. The fourth-order valence-electron chi connectivity index (χ4n) is 3.70. The van der Waals surface area contributed by atoms with Gasteiger partial charge in [0.25, 0.3) is 0 Å². The fourth-order valence-corrected chi connectivity index (χ4v) is 4.78. The van der Waals surface area contributed by atoms with Crippen molar-refractivity contribution >= 4 is 16.3 Å². The van der Waals surface area contributed by atoms with Crippen LogP contribution in [-0.4, -0.2) is 49.9 Å². The number of aryl methyl sites for hydroxylation is 1. The van der Waals surface area contributed by atoms with Gasteiger partial charge < -0.3 is 9.84 Å². The number of benzene rings is 1. The highest BCUT2D eigenvalue weighted by atomic mass is 32.1. The zero-order chi connectivity index (χ0) is 17.6. The maximum Gasteiger partial charge on any atom is 0.230 e. The standard InChI is InChI=1S/C18H22N4O2S/c1-11-6-4-5-7-14(11)15(21-8-12(2)24-13(3)9-21)16-17(23)22-18(25-16)19-10-20-22/h4-7,10,12-13,15,23H,8-9H2,1-3H3. The van der Waals surface area contributed by atoms with Crippen molar-refractivity contribution in [1.29, 1.82) is 0 Å². The molecule has 0 spiro atoms. The molecule has 25 heavy (non-hydrogen) atoms. The molecule has 3 atom stereocenters. The first-order valence-electron chi connectivity index (χ1n) is 8.51. The van der Waals surface area contributed by atoms with Gasteiger partial charge in [-0.1, -0.05) is 35.6 Å². The van der Waals surface area contributed by atoms with Crippen LogP contribution in [0, 0.1) is 6.92 Å². The lowest BCUT2D eigenvalue weighted by molar-refractivity contribution is -0.0764. The van der Waals surface area contributed by atoms with Gasteiger partial charge in [0, 0.05) is 13.1 Å². The van der Waals surface area contributed by atoms with E-state index < -0.39 is 0 Å². The Hall–Kier alpha value is -1.96. The molecule has 7 heteroatoms. The van der Waals surface area contributed by atoms with E-state index >= 15 is 0 Å². The van der Waals surface area contributed by atoms with E-state index in [0.29, 0.717) is 4.96 Å². The van der Waals surface area contributed by atoms with Crippen molar-refractivity contribution in [3.05, 3.63) is 46.6 Å². The van der Waals surface area contributed by atoms with Crippen LogP contribution in [0.1, 0.15) is 35.9 Å². The molecule has 0 amide bonds. The molecular weight excluding hydrogens is 336 g/mol. The number of ether oxygens (including phenoxy) is 1. The molecule has 1 aromatic carbocycles. The highest BCUT2D eigenvalue weighted by Crippen LogP contribution is 2.41. The summed E-state index contributed by atoms with van der Waals surface area (Å²) in [6.45, 7) is 7.94. The molecule has 3 heterocycles. The number of aromatic nitrogens is 3. The third-order valence-corrected chi connectivity index (χ3v) is 5.77. The van der Waals surface area contributed by atoms with E-state index in [1.54, 1.807) is 0 Å². The topological polar surface area (TPSA) is 62.9 Å². The third-order valence-electron chi connectivity index (χ3n) is 4.68. The van der Waals surface area contributed by atoms with Crippen molar-refractivity contribution in [3.8, 4) is 5.88 Å². The Kier molecular flexibility index (Phi) is 4.23. The lowest BCUT2D eigenvalue weighted by Crippen LogP contribution is -2.47. The van der Waals surface area contributed by atoms with E-state index in [1.165, 1.54) is 33.3 Å². The van der Waals surface area contributed by atoms with Crippen LogP contribution in [0.5, 0.6) is 5.88 Å². The molecule has 1 saturated heterocycles. The van der Waals surface area contributed by atoms with E-state index in [0.717, 1.165) is 18.0 Å². The Morgan fingerprint density at radius 2 is 1.96 bits per heavy atom. The first-order valence-corrected chi connectivity index (χ1v) is 9.32. The van der Waals surface area contributed by atoms with Gasteiger partial charge >= 0.3 is 0 Å². The Labute approximate surface area is 150 Å². The number of fused-ring (bicyclic) bond motifs is 1. The SMILES string of the molecule is Cc1ccccc1C(c1sc2ncnn2c1O)N1CC(C)OC(C)C1. The third kappa shape index (κ3) is 2.92. The van der Waals surface area contributed by atoms with Gasteiger partial charge in [-0.25, -0.2) is 4.98 Å². The van der Waals surface area contributed by atoms with E-state index in [9.17, 15) is 5.11 Å². The minimum Gasteiger partial charge on any atom is -0.492 e. The molecule has 1 fully saturated rings. The first-order chi connectivity index (χ1) is 12.0. The van der Waals surface area contributed by atoms with Gasteiger partial charge in [-0.3, -0.25) is 4.90 Å². The zero-order valence-electron chi connectivity index (χ0n) is 14.6.